The van der Waals surface area contributed by atoms with Crippen molar-refractivity contribution in [3.05, 3.63) is 46.0 Å². The van der Waals surface area contributed by atoms with E-state index in [0.717, 1.165) is 0 Å². The number of carbonyl (C=O) groups excluding carboxylic acids is 1. The molecule has 1 rings (SSSR count). The van der Waals surface area contributed by atoms with E-state index in [9.17, 15) is 23.3 Å². The maximum atomic E-state index is 12.1. The van der Waals surface area contributed by atoms with Crippen molar-refractivity contribution in [2.75, 3.05) is 18.6 Å². The number of hydrogen-bond acceptors (Lipinski definition) is 5. The first-order chi connectivity index (χ1) is 10.7. The van der Waals surface area contributed by atoms with Crippen molar-refractivity contribution in [2.45, 2.75) is 19.9 Å². The van der Waals surface area contributed by atoms with Crippen LogP contribution in [0.1, 0.15) is 19.4 Å². The topological polar surface area (TPSA) is 97.6 Å². The summed E-state index contributed by atoms with van der Waals surface area (Å²) in [4.78, 5) is 23.6. The third kappa shape index (κ3) is 5.82. The van der Waals surface area contributed by atoms with Crippen molar-refractivity contribution in [1.82, 2.24) is 4.90 Å². The molecule has 0 heterocycles. The van der Waals surface area contributed by atoms with Crippen LogP contribution in [0, 0.1) is 10.1 Å². The van der Waals surface area contributed by atoms with Gasteiger partial charge in [-0.05, 0) is 18.6 Å². The lowest BCUT2D eigenvalue weighted by molar-refractivity contribution is -0.384. The van der Waals surface area contributed by atoms with Crippen LogP contribution in [0.15, 0.2) is 30.3 Å². The minimum atomic E-state index is -3.17. The number of nitro benzene ring substituents is 1. The Balaban J connectivity index is 2.78. The third-order valence-electron chi connectivity index (χ3n) is 3.44. The average molecular weight is 340 g/mol. The number of benzene rings is 1. The van der Waals surface area contributed by atoms with E-state index in [1.807, 2.05) is 0 Å². The van der Waals surface area contributed by atoms with Gasteiger partial charge in [0.05, 0.1) is 10.7 Å². The van der Waals surface area contributed by atoms with E-state index in [-0.39, 0.29) is 23.1 Å². The molecular formula is C15H20N2O5S. The molecule has 1 aromatic carbocycles. The highest BCUT2D eigenvalue weighted by Crippen LogP contribution is 2.14. The van der Waals surface area contributed by atoms with E-state index in [4.69, 9.17) is 0 Å². The van der Waals surface area contributed by atoms with Gasteiger partial charge in [0.25, 0.3) is 5.69 Å². The fraction of sp³-hybridized carbons (Fsp3) is 0.400. The number of amides is 1. The fourth-order valence-electron chi connectivity index (χ4n) is 1.84. The minimum Gasteiger partial charge on any atom is -0.338 e. The van der Waals surface area contributed by atoms with Gasteiger partial charge in [0.2, 0.25) is 5.91 Å². The predicted molar refractivity (Wildman–Crippen MR) is 88.7 cm³/mol. The van der Waals surface area contributed by atoms with E-state index >= 15 is 0 Å². The number of likely N-dealkylation sites (N-methyl/N-ethyl adjacent to an activating group) is 1. The molecule has 0 radical (unpaired) electrons. The van der Waals surface area contributed by atoms with Gasteiger partial charge in [-0.15, -0.1) is 0 Å². The number of rotatable bonds is 7. The summed E-state index contributed by atoms with van der Waals surface area (Å²) in [6, 6.07) is 5.43. The van der Waals surface area contributed by atoms with Gasteiger partial charge < -0.3 is 4.90 Å². The van der Waals surface area contributed by atoms with Crippen LogP contribution in [0.25, 0.3) is 6.08 Å². The molecule has 0 aromatic heterocycles. The molecule has 0 aliphatic heterocycles. The SMILES string of the molecule is CCS(=O)(=O)CC(C)N(C)C(=O)C=Cc1cccc([N+](=O)[O-])c1. The van der Waals surface area contributed by atoms with Crippen LogP contribution in [0.3, 0.4) is 0 Å². The van der Waals surface area contributed by atoms with E-state index in [2.05, 4.69) is 0 Å². The van der Waals surface area contributed by atoms with Crippen molar-refractivity contribution in [2.24, 2.45) is 0 Å². The number of non-ortho nitro benzene ring substituents is 1. The number of nitrogens with zero attached hydrogens (tertiary/aromatic N) is 2. The second kappa shape index (κ2) is 7.87. The van der Waals surface area contributed by atoms with E-state index in [1.165, 1.54) is 42.3 Å². The van der Waals surface area contributed by atoms with Crippen molar-refractivity contribution in [1.29, 1.82) is 0 Å². The molecule has 0 spiro atoms. The van der Waals surface area contributed by atoms with Gasteiger partial charge >= 0.3 is 0 Å². The van der Waals surface area contributed by atoms with E-state index in [1.54, 1.807) is 19.9 Å². The Morgan fingerprint density at radius 2 is 2.09 bits per heavy atom. The molecule has 0 bridgehead atoms. The Morgan fingerprint density at radius 3 is 2.65 bits per heavy atom. The molecule has 1 aromatic rings. The summed E-state index contributed by atoms with van der Waals surface area (Å²) in [7, 11) is -1.65. The van der Waals surface area contributed by atoms with Gasteiger partial charge in [-0.1, -0.05) is 19.1 Å². The second-order valence-electron chi connectivity index (χ2n) is 5.18. The largest absolute Gasteiger partial charge is 0.338 e. The lowest BCUT2D eigenvalue weighted by Gasteiger charge is -2.23. The summed E-state index contributed by atoms with van der Waals surface area (Å²) in [5.74, 6) is -0.436. The first-order valence-electron chi connectivity index (χ1n) is 7.06. The molecule has 1 amide bonds. The molecule has 23 heavy (non-hydrogen) atoms. The van der Waals surface area contributed by atoms with E-state index in [0.29, 0.717) is 5.56 Å². The Bertz CT molecular complexity index is 712. The van der Waals surface area contributed by atoms with Crippen molar-refractivity contribution in [3.8, 4) is 0 Å². The minimum absolute atomic E-state index is 0.0306. The second-order valence-corrected chi connectivity index (χ2v) is 7.58. The van der Waals surface area contributed by atoms with Crippen LogP contribution in [0.4, 0.5) is 5.69 Å². The number of nitro groups is 1. The lowest BCUT2D eigenvalue weighted by Crippen LogP contribution is -2.38. The maximum Gasteiger partial charge on any atom is 0.270 e. The van der Waals surface area contributed by atoms with Crippen LogP contribution in [-0.4, -0.2) is 48.7 Å². The first kappa shape index (κ1) is 18.8. The highest BCUT2D eigenvalue weighted by molar-refractivity contribution is 7.91. The summed E-state index contributed by atoms with van der Waals surface area (Å²) in [5, 5.41) is 10.7. The third-order valence-corrected chi connectivity index (χ3v) is 5.31. The number of carbonyl (C=O) groups is 1. The van der Waals surface area contributed by atoms with Crippen LogP contribution in [-0.2, 0) is 14.6 Å². The van der Waals surface area contributed by atoms with Gasteiger partial charge in [-0.3, -0.25) is 14.9 Å². The summed E-state index contributed by atoms with van der Waals surface area (Å²) in [6.45, 7) is 3.22. The zero-order chi connectivity index (χ0) is 17.6. The Hall–Kier alpha value is -2.22. The monoisotopic (exact) mass is 340 g/mol. The van der Waals surface area contributed by atoms with Gasteiger partial charge in [0.15, 0.2) is 9.84 Å². The van der Waals surface area contributed by atoms with Crippen molar-refractivity contribution < 1.29 is 18.1 Å². The number of hydrogen-bond donors (Lipinski definition) is 0. The summed E-state index contributed by atoms with van der Waals surface area (Å²) >= 11 is 0. The van der Waals surface area contributed by atoms with Crippen LogP contribution < -0.4 is 0 Å². The van der Waals surface area contributed by atoms with Gasteiger partial charge in [0.1, 0.15) is 0 Å². The Morgan fingerprint density at radius 1 is 1.43 bits per heavy atom. The van der Waals surface area contributed by atoms with Gasteiger partial charge in [-0.25, -0.2) is 8.42 Å². The molecule has 7 nitrogen and oxygen atoms in total. The summed E-state index contributed by atoms with van der Waals surface area (Å²) in [5.41, 5.74) is 0.463. The predicted octanol–water partition coefficient (Wildman–Crippen LogP) is 1.89. The zero-order valence-electron chi connectivity index (χ0n) is 13.3. The molecule has 0 N–H and O–H groups in total. The summed E-state index contributed by atoms with van der Waals surface area (Å²) < 4.78 is 23.2. The standard InChI is InChI=1S/C15H20N2O5S/c1-4-23(21,22)11-12(2)16(3)15(18)9-8-13-6-5-7-14(10-13)17(19)20/h5-10,12H,4,11H2,1-3H3. The van der Waals surface area contributed by atoms with Gasteiger partial charge in [-0.2, -0.15) is 0 Å². The quantitative estimate of drug-likeness (QED) is 0.429. The molecule has 8 heteroatoms. The fourth-order valence-corrected chi connectivity index (χ4v) is 3.04. The average Bonchev–Trinajstić information content (AvgIpc) is 2.51. The smallest absolute Gasteiger partial charge is 0.270 e. The Labute approximate surface area is 135 Å². The molecule has 1 atom stereocenters. The molecule has 0 aliphatic rings. The van der Waals surface area contributed by atoms with E-state index < -0.39 is 20.8 Å². The highest BCUT2D eigenvalue weighted by Gasteiger charge is 2.19. The molecule has 0 fully saturated rings. The molecule has 0 aliphatic carbocycles. The van der Waals surface area contributed by atoms with Crippen LogP contribution >= 0.6 is 0 Å². The van der Waals surface area contributed by atoms with Crippen molar-refractivity contribution in [3.63, 3.8) is 0 Å². The normalized spacial score (nSPS) is 13.0. The number of sulfone groups is 1. The van der Waals surface area contributed by atoms with Crippen molar-refractivity contribution >= 4 is 27.5 Å². The van der Waals surface area contributed by atoms with Crippen LogP contribution in [0.5, 0.6) is 0 Å². The molecule has 0 saturated carbocycles. The molecule has 0 saturated heterocycles. The molecule has 126 valence electrons. The lowest BCUT2D eigenvalue weighted by atomic mass is 10.2. The first-order valence-corrected chi connectivity index (χ1v) is 8.88. The highest BCUT2D eigenvalue weighted by atomic mass is 32.2. The summed E-state index contributed by atoms with van der Waals surface area (Å²) in [6.07, 6.45) is 2.74. The zero-order valence-corrected chi connectivity index (χ0v) is 14.1. The maximum absolute atomic E-state index is 12.1. The van der Waals surface area contributed by atoms with Crippen LogP contribution in [0.2, 0.25) is 0 Å². The molecular weight excluding hydrogens is 320 g/mol. The van der Waals surface area contributed by atoms with Gasteiger partial charge in [0, 0.05) is 37.1 Å². The Kier molecular flexibility index (Phi) is 6.44. The molecule has 1 unspecified atom stereocenters.